The molecule has 2 aromatic carbocycles. The number of thiocarbonyl (C=S) groups is 1. The first-order valence-electron chi connectivity index (χ1n) is 5.85. The molecule has 0 saturated carbocycles. The van der Waals surface area contributed by atoms with Gasteiger partial charge in [-0.1, -0.05) is 12.1 Å². The minimum absolute atomic E-state index is 0.111. The van der Waals surface area contributed by atoms with Gasteiger partial charge in [0.05, 0.1) is 5.56 Å². The van der Waals surface area contributed by atoms with E-state index in [4.69, 9.17) is 22.4 Å². The fraction of sp³-hybridized carbons (Fsp3) is 0. The van der Waals surface area contributed by atoms with E-state index in [1.807, 2.05) is 12.1 Å². The number of hydrogen-bond donors (Lipinski definition) is 2. The van der Waals surface area contributed by atoms with Gasteiger partial charge in [-0.3, -0.25) is 0 Å². The molecule has 0 saturated heterocycles. The lowest BCUT2D eigenvalue weighted by molar-refractivity contribution is 0.594. The van der Waals surface area contributed by atoms with E-state index in [2.05, 4.69) is 10.3 Å². The number of nitrogens with zero attached hydrogens (tertiary/aromatic N) is 1. The SMILES string of the molecule is NC(=S)Nc1ccc(F)c(-c2nc3ccccc3o2)c1. The average molecular weight is 287 g/mol. The van der Waals surface area contributed by atoms with Crippen molar-refractivity contribution in [1.29, 1.82) is 0 Å². The lowest BCUT2D eigenvalue weighted by Gasteiger charge is -2.05. The molecule has 20 heavy (non-hydrogen) atoms. The van der Waals surface area contributed by atoms with Crippen LogP contribution in [-0.4, -0.2) is 10.1 Å². The van der Waals surface area contributed by atoms with Crippen LogP contribution < -0.4 is 11.1 Å². The molecular weight excluding hydrogens is 277 g/mol. The largest absolute Gasteiger partial charge is 0.436 e. The van der Waals surface area contributed by atoms with Crippen molar-refractivity contribution in [3.63, 3.8) is 0 Å². The van der Waals surface area contributed by atoms with Crippen molar-refractivity contribution >= 4 is 34.1 Å². The summed E-state index contributed by atoms with van der Waals surface area (Å²) < 4.78 is 19.5. The summed E-state index contributed by atoms with van der Waals surface area (Å²) in [6.45, 7) is 0. The summed E-state index contributed by atoms with van der Waals surface area (Å²) >= 11 is 4.76. The second-order valence-corrected chi connectivity index (χ2v) is 4.61. The number of nitrogens with one attached hydrogen (secondary N) is 1. The maximum absolute atomic E-state index is 13.9. The lowest BCUT2D eigenvalue weighted by Crippen LogP contribution is -2.18. The van der Waals surface area contributed by atoms with Crippen LogP contribution in [0.15, 0.2) is 46.9 Å². The summed E-state index contributed by atoms with van der Waals surface area (Å²) in [7, 11) is 0. The molecule has 0 amide bonds. The van der Waals surface area contributed by atoms with Gasteiger partial charge in [0.1, 0.15) is 11.3 Å². The highest BCUT2D eigenvalue weighted by atomic mass is 32.1. The molecule has 0 aliphatic rings. The highest BCUT2D eigenvalue weighted by molar-refractivity contribution is 7.80. The van der Waals surface area contributed by atoms with Crippen molar-refractivity contribution in [3.05, 3.63) is 48.3 Å². The Morgan fingerprint density at radius 3 is 2.80 bits per heavy atom. The number of oxazole rings is 1. The van der Waals surface area contributed by atoms with Gasteiger partial charge in [0.25, 0.3) is 0 Å². The molecule has 1 aromatic heterocycles. The molecule has 3 N–H and O–H groups in total. The highest BCUT2D eigenvalue weighted by Gasteiger charge is 2.13. The molecule has 3 rings (SSSR count). The number of nitrogens with two attached hydrogens (primary N) is 1. The highest BCUT2D eigenvalue weighted by Crippen LogP contribution is 2.28. The lowest BCUT2D eigenvalue weighted by atomic mass is 10.2. The summed E-state index contributed by atoms with van der Waals surface area (Å²) in [5.74, 6) is -0.208. The van der Waals surface area contributed by atoms with E-state index < -0.39 is 5.82 Å². The number of rotatable bonds is 2. The molecule has 0 aliphatic carbocycles. The van der Waals surface area contributed by atoms with Gasteiger partial charge in [0, 0.05) is 5.69 Å². The number of aromatic nitrogens is 1. The van der Waals surface area contributed by atoms with Crippen molar-refractivity contribution in [2.75, 3.05) is 5.32 Å². The molecule has 3 aromatic rings. The first kappa shape index (κ1) is 12.6. The van der Waals surface area contributed by atoms with Crippen molar-refractivity contribution in [3.8, 4) is 11.5 Å². The number of para-hydroxylation sites is 2. The molecule has 0 aliphatic heterocycles. The topological polar surface area (TPSA) is 64.1 Å². The minimum Gasteiger partial charge on any atom is -0.436 e. The average Bonchev–Trinajstić information content (AvgIpc) is 2.84. The Labute approximate surface area is 119 Å². The van der Waals surface area contributed by atoms with Gasteiger partial charge in [0.15, 0.2) is 10.7 Å². The quantitative estimate of drug-likeness (QED) is 0.708. The molecule has 0 atom stereocenters. The van der Waals surface area contributed by atoms with Gasteiger partial charge < -0.3 is 15.5 Å². The predicted octanol–water partition coefficient (Wildman–Crippen LogP) is 3.29. The maximum atomic E-state index is 13.9. The zero-order chi connectivity index (χ0) is 14.1. The van der Waals surface area contributed by atoms with Crippen molar-refractivity contribution in [2.45, 2.75) is 0 Å². The fourth-order valence-corrected chi connectivity index (χ4v) is 2.01. The van der Waals surface area contributed by atoms with Crippen LogP contribution in [0, 0.1) is 5.82 Å². The van der Waals surface area contributed by atoms with Gasteiger partial charge in [0.2, 0.25) is 5.89 Å². The zero-order valence-electron chi connectivity index (χ0n) is 10.3. The van der Waals surface area contributed by atoms with Crippen LogP contribution in [0.5, 0.6) is 0 Å². The Bertz CT molecular complexity index is 767. The third-order valence-electron chi connectivity index (χ3n) is 2.76. The fourth-order valence-electron chi connectivity index (χ4n) is 1.90. The van der Waals surface area contributed by atoms with Crippen molar-refractivity contribution in [1.82, 2.24) is 4.98 Å². The third-order valence-corrected chi connectivity index (χ3v) is 2.86. The Morgan fingerprint density at radius 2 is 2.05 bits per heavy atom. The van der Waals surface area contributed by atoms with Gasteiger partial charge in [-0.25, -0.2) is 9.37 Å². The minimum atomic E-state index is -0.426. The summed E-state index contributed by atoms with van der Waals surface area (Å²) in [5, 5.41) is 2.86. The van der Waals surface area contributed by atoms with Crippen LogP contribution in [0.3, 0.4) is 0 Å². The molecule has 0 radical (unpaired) electrons. The van der Waals surface area contributed by atoms with E-state index in [-0.39, 0.29) is 16.6 Å². The van der Waals surface area contributed by atoms with E-state index >= 15 is 0 Å². The molecule has 0 unspecified atom stereocenters. The number of benzene rings is 2. The molecule has 0 bridgehead atoms. The van der Waals surface area contributed by atoms with E-state index in [1.54, 1.807) is 24.3 Å². The third kappa shape index (κ3) is 2.33. The number of halogens is 1. The Morgan fingerprint density at radius 1 is 1.25 bits per heavy atom. The number of fused-ring (bicyclic) bond motifs is 1. The first-order chi connectivity index (χ1) is 9.63. The Balaban J connectivity index is 2.10. The first-order valence-corrected chi connectivity index (χ1v) is 6.26. The predicted molar refractivity (Wildman–Crippen MR) is 79.8 cm³/mol. The summed E-state index contributed by atoms with van der Waals surface area (Å²) in [4.78, 5) is 4.27. The monoisotopic (exact) mass is 287 g/mol. The molecule has 0 spiro atoms. The van der Waals surface area contributed by atoms with Gasteiger partial charge in [-0.05, 0) is 42.5 Å². The second kappa shape index (κ2) is 4.90. The van der Waals surface area contributed by atoms with Crippen LogP contribution in [0.1, 0.15) is 0 Å². The molecule has 4 nitrogen and oxygen atoms in total. The van der Waals surface area contributed by atoms with Crippen LogP contribution in [-0.2, 0) is 0 Å². The van der Waals surface area contributed by atoms with Crippen molar-refractivity contribution in [2.24, 2.45) is 5.73 Å². The zero-order valence-corrected chi connectivity index (χ0v) is 11.1. The Kier molecular flexibility index (Phi) is 3.08. The van der Waals surface area contributed by atoms with Crippen molar-refractivity contribution < 1.29 is 8.81 Å². The maximum Gasteiger partial charge on any atom is 0.230 e. The van der Waals surface area contributed by atoms with Gasteiger partial charge in [-0.15, -0.1) is 0 Å². The summed E-state index contributed by atoms with van der Waals surface area (Å²) in [5.41, 5.74) is 7.51. The standard InChI is InChI=1S/C14H10FN3OS/c15-10-6-5-8(17-14(16)20)7-9(10)13-18-11-3-1-2-4-12(11)19-13/h1-7H,(H3,16,17,20). The van der Waals surface area contributed by atoms with E-state index in [1.165, 1.54) is 6.07 Å². The number of hydrogen-bond acceptors (Lipinski definition) is 3. The van der Waals surface area contributed by atoms with Crippen LogP contribution in [0.25, 0.3) is 22.6 Å². The number of anilines is 1. The summed E-state index contributed by atoms with van der Waals surface area (Å²) in [6, 6.07) is 11.7. The van der Waals surface area contributed by atoms with E-state index in [9.17, 15) is 4.39 Å². The van der Waals surface area contributed by atoms with Crippen LogP contribution in [0.2, 0.25) is 0 Å². The normalized spacial score (nSPS) is 10.7. The molecular formula is C14H10FN3OS. The van der Waals surface area contributed by atoms with E-state index in [0.717, 1.165) is 0 Å². The smallest absolute Gasteiger partial charge is 0.230 e. The second-order valence-electron chi connectivity index (χ2n) is 4.17. The van der Waals surface area contributed by atoms with Crippen LogP contribution in [0.4, 0.5) is 10.1 Å². The summed E-state index contributed by atoms with van der Waals surface area (Å²) in [6.07, 6.45) is 0. The van der Waals surface area contributed by atoms with E-state index in [0.29, 0.717) is 16.8 Å². The Hall–Kier alpha value is -2.47. The molecule has 0 fully saturated rings. The van der Waals surface area contributed by atoms with Crippen LogP contribution >= 0.6 is 12.2 Å². The van der Waals surface area contributed by atoms with Gasteiger partial charge in [-0.2, -0.15) is 0 Å². The molecule has 6 heteroatoms. The van der Waals surface area contributed by atoms with Gasteiger partial charge >= 0.3 is 0 Å². The molecule has 1 heterocycles. The molecule has 100 valence electrons.